The average Bonchev–Trinajstić information content (AvgIpc) is 2.79. The second kappa shape index (κ2) is 11.6. The van der Waals surface area contributed by atoms with E-state index in [9.17, 15) is 19.1 Å². The lowest BCUT2D eigenvalue weighted by Gasteiger charge is -2.40. The van der Waals surface area contributed by atoms with Crippen LogP contribution in [-0.4, -0.2) is 58.3 Å². The van der Waals surface area contributed by atoms with Crippen LogP contribution in [0.2, 0.25) is 0 Å². The molecule has 3 rings (SSSR count). The minimum Gasteiger partial charge on any atom is -0.482 e. The van der Waals surface area contributed by atoms with Gasteiger partial charge in [-0.2, -0.15) is 0 Å². The van der Waals surface area contributed by atoms with Crippen molar-refractivity contribution >= 4 is 34.4 Å². The van der Waals surface area contributed by atoms with Crippen LogP contribution in [0.3, 0.4) is 0 Å². The number of nitrogens with zero attached hydrogens (tertiary/aromatic N) is 1. The topological polar surface area (TPSA) is 99.1 Å². The highest BCUT2D eigenvalue weighted by atomic mass is 127. The maximum atomic E-state index is 14.3. The predicted octanol–water partition coefficient (Wildman–Crippen LogP) is 2.39. The number of carbonyl (C=O) groups is 2. The first-order chi connectivity index (χ1) is 15.8. The van der Waals surface area contributed by atoms with Crippen LogP contribution in [0.25, 0.3) is 0 Å². The van der Waals surface area contributed by atoms with Crippen LogP contribution in [0.1, 0.15) is 18.9 Å². The lowest BCUT2D eigenvalue weighted by Crippen LogP contribution is -2.54. The molecule has 0 bridgehead atoms. The summed E-state index contributed by atoms with van der Waals surface area (Å²) in [7, 11) is 0. The quantitative estimate of drug-likeness (QED) is 0.425. The fourth-order valence-electron chi connectivity index (χ4n) is 3.74. The Morgan fingerprint density at radius 3 is 2.58 bits per heavy atom. The van der Waals surface area contributed by atoms with E-state index < -0.39 is 30.0 Å². The molecular weight excluding hydrogens is 542 g/mol. The molecule has 0 unspecified atom stereocenters. The molecule has 7 nitrogen and oxygen atoms in total. The number of hydrogen-bond donors (Lipinski definition) is 3. The molecule has 0 aromatic heterocycles. The summed E-state index contributed by atoms with van der Waals surface area (Å²) in [6.07, 6.45) is -0.487. The summed E-state index contributed by atoms with van der Waals surface area (Å²) in [4.78, 5) is 26.6. The van der Waals surface area contributed by atoms with Crippen molar-refractivity contribution in [3.63, 3.8) is 0 Å². The predicted molar refractivity (Wildman–Crippen MR) is 129 cm³/mol. The number of hydrogen-bond acceptors (Lipinski definition) is 5. The molecule has 2 amide bonds. The Hall–Kier alpha value is -2.50. The fraction of sp³-hybridized carbons (Fsp3) is 0.333. The van der Waals surface area contributed by atoms with Gasteiger partial charge in [0, 0.05) is 37.6 Å². The van der Waals surface area contributed by atoms with Gasteiger partial charge in [-0.05, 0) is 46.9 Å². The van der Waals surface area contributed by atoms with Crippen LogP contribution in [0.5, 0.6) is 5.75 Å². The monoisotopic (exact) mass is 568 g/mol. The summed E-state index contributed by atoms with van der Waals surface area (Å²) in [6, 6.07) is 12.5. The van der Waals surface area contributed by atoms with Crippen molar-refractivity contribution in [2.24, 2.45) is 0 Å². The molecule has 0 saturated heterocycles. The van der Waals surface area contributed by atoms with Crippen molar-refractivity contribution in [2.45, 2.75) is 38.1 Å². The van der Waals surface area contributed by atoms with Crippen LogP contribution in [0.15, 0.2) is 60.2 Å². The average molecular weight is 568 g/mol. The molecule has 1 aliphatic rings. The smallest absolute Gasteiger partial charge is 0.247 e. The van der Waals surface area contributed by atoms with E-state index in [0.717, 1.165) is 3.57 Å². The summed E-state index contributed by atoms with van der Waals surface area (Å²) < 4.78 is 21.2. The Bertz CT molecular complexity index is 1030. The van der Waals surface area contributed by atoms with E-state index in [1.165, 1.54) is 17.9 Å². The van der Waals surface area contributed by atoms with E-state index >= 15 is 0 Å². The number of benzene rings is 2. The van der Waals surface area contributed by atoms with Gasteiger partial charge >= 0.3 is 0 Å². The van der Waals surface area contributed by atoms with Crippen molar-refractivity contribution in [1.82, 2.24) is 10.2 Å². The van der Waals surface area contributed by atoms with Crippen LogP contribution >= 0.6 is 22.6 Å². The minimum absolute atomic E-state index is 0.0538. The number of carbonyl (C=O) groups excluding carboxylic acids is 2. The molecule has 2 aromatic rings. The Balaban J connectivity index is 1.94. The molecule has 2 aromatic carbocycles. The number of aliphatic hydroxyl groups excluding tert-OH is 2. The zero-order chi connectivity index (χ0) is 24.0. The van der Waals surface area contributed by atoms with Crippen LogP contribution < -0.4 is 10.1 Å². The zero-order valence-corrected chi connectivity index (χ0v) is 20.2. The lowest BCUT2D eigenvalue weighted by atomic mass is 9.88. The van der Waals surface area contributed by atoms with Gasteiger partial charge in [-0.1, -0.05) is 30.3 Å². The SMILES string of the molecule is CC(=O)N(Cc1ccccc1F)[C@@H]1CC(C(=O)NCCO)=C[C@H](Oc2ccccc2I)[C@H]1O. The number of ether oxygens (including phenoxy) is 1. The molecule has 1 aliphatic carbocycles. The molecule has 0 saturated carbocycles. The number of amides is 2. The van der Waals surface area contributed by atoms with Gasteiger partial charge in [-0.25, -0.2) is 4.39 Å². The molecule has 33 heavy (non-hydrogen) atoms. The molecule has 176 valence electrons. The normalized spacial score (nSPS) is 20.0. The van der Waals surface area contributed by atoms with Gasteiger partial charge in [0.05, 0.1) is 16.2 Å². The van der Waals surface area contributed by atoms with Gasteiger partial charge in [-0.3, -0.25) is 9.59 Å². The number of halogens is 2. The number of rotatable bonds is 8. The Labute approximate surface area is 205 Å². The summed E-state index contributed by atoms with van der Waals surface area (Å²) in [6.45, 7) is 1.12. The van der Waals surface area contributed by atoms with E-state index in [2.05, 4.69) is 27.9 Å². The molecule has 0 spiro atoms. The highest BCUT2D eigenvalue weighted by Crippen LogP contribution is 2.30. The first-order valence-corrected chi connectivity index (χ1v) is 11.6. The number of nitrogens with one attached hydrogen (secondary N) is 1. The Morgan fingerprint density at radius 1 is 1.21 bits per heavy atom. The van der Waals surface area contributed by atoms with E-state index in [1.54, 1.807) is 36.4 Å². The molecule has 0 radical (unpaired) electrons. The molecule has 0 heterocycles. The van der Waals surface area contributed by atoms with Crippen LogP contribution in [0, 0.1) is 9.39 Å². The standard InChI is InChI=1S/C24H26FIN2O5/c1-15(30)28(14-16-6-2-3-7-18(16)25)20-12-17(24(32)27-10-11-29)13-22(23(20)31)33-21-9-5-4-8-19(21)26/h2-9,13,20,22-23,29,31H,10-12,14H2,1H3,(H,27,32)/t20-,22+,23+/m1/s1. The van der Waals surface area contributed by atoms with Crippen molar-refractivity contribution in [3.8, 4) is 5.75 Å². The molecular formula is C24H26FIN2O5. The minimum atomic E-state index is -1.16. The van der Waals surface area contributed by atoms with Gasteiger partial charge in [-0.15, -0.1) is 0 Å². The summed E-state index contributed by atoms with van der Waals surface area (Å²) >= 11 is 2.11. The number of para-hydroxylation sites is 1. The van der Waals surface area contributed by atoms with Gasteiger partial charge in [0.2, 0.25) is 11.8 Å². The van der Waals surface area contributed by atoms with Crippen molar-refractivity contribution < 1.29 is 28.9 Å². The van der Waals surface area contributed by atoms with Gasteiger partial charge in [0.25, 0.3) is 0 Å². The van der Waals surface area contributed by atoms with Crippen molar-refractivity contribution in [2.75, 3.05) is 13.2 Å². The number of aliphatic hydroxyl groups is 2. The van der Waals surface area contributed by atoms with E-state index in [-0.39, 0.29) is 32.0 Å². The lowest BCUT2D eigenvalue weighted by molar-refractivity contribution is -0.137. The molecule has 9 heteroatoms. The first kappa shape index (κ1) is 25.1. The summed E-state index contributed by atoms with van der Waals surface area (Å²) in [5, 5.41) is 22.8. The van der Waals surface area contributed by atoms with E-state index in [4.69, 9.17) is 9.84 Å². The molecule has 0 aliphatic heterocycles. The highest BCUT2D eigenvalue weighted by molar-refractivity contribution is 14.1. The fourth-order valence-corrected chi connectivity index (χ4v) is 4.25. The van der Waals surface area contributed by atoms with Gasteiger partial charge in [0.1, 0.15) is 23.8 Å². The van der Waals surface area contributed by atoms with Crippen LogP contribution in [0.4, 0.5) is 4.39 Å². The second-order valence-electron chi connectivity index (χ2n) is 7.68. The van der Waals surface area contributed by atoms with E-state index in [1.807, 2.05) is 12.1 Å². The van der Waals surface area contributed by atoms with Gasteiger partial charge in [0.15, 0.2) is 0 Å². The van der Waals surface area contributed by atoms with Crippen LogP contribution in [-0.2, 0) is 16.1 Å². The van der Waals surface area contributed by atoms with E-state index in [0.29, 0.717) is 16.9 Å². The maximum Gasteiger partial charge on any atom is 0.247 e. The zero-order valence-electron chi connectivity index (χ0n) is 18.1. The Morgan fingerprint density at radius 2 is 1.91 bits per heavy atom. The largest absolute Gasteiger partial charge is 0.482 e. The summed E-state index contributed by atoms with van der Waals surface area (Å²) in [5.41, 5.74) is 0.616. The third-order valence-corrected chi connectivity index (χ3v) is 6.31. The molecule has 3 atom stereocenters. The summed E-state index contributed by atoms with van der Waals surface area (Å²) in [5.74, 6) is -0.728. The third kappa shape index (κ3) is 6.30. The van der Waals surface area contributed by atoms with Gasteiger partial charge < -0.3 is 25.2 Å². The molecule has 0 fully saturated rings. The Kier molecular flexibility index (Phi) is 8.81. The first-order valence-electron chi connectivity index (χ1n) is 10.5. The second-order valence-corrected chi connectivity index (χ2v) is 8.85. The molecule has 3 N–H and O–H groups in total. The highest BCUT2D eigenvalue weighted by Gasteiger charge is 2.40. The maximum absolute atomic E-state index is 14.3. The van der Waals surface area contributed by atoms with Crippen molar-refractivity contribution in [3.05, 3.63) is 75.1 Å². The van der Waals surface area contributed by atoms with Crippen molar-refractivity contribution in [1.29, 1.82) is 0 Å². The third-order valence-electron chi connectivity index (χ3n) is 5.42.